The van der Waals surface area contributed by atoms with Gasteiger partial charge in [0.25, 0.3) is 0 Å². The quantitative estimate of drug-likeness (QED) is 0.780. The first-order chi connectivity index (χ1) is 10.3. The summed E-state index contributed by atoms with van der Waals surface area (Å²) in [5.41, 5.74) is 2.25. The van der Waals surface area contributed by atoms with Gasteiger partial charge in [-0.25, -0.2) is 4.98 Å². The molecule has 0 aliphatic heterocycles. The molecule has 2 heterocycles. The molecule has 1 N–H and O–H groups in total. The minimum Gasteiger partial charge on any atom is -0.334 e. The largest absolute Gasteiger partial charge is 0.334 e. The molecule has 3 aromatic rings. The number of imidazole rings is 1. The van der Waals surface area contributed by atoms with Gasteiger partial charge in [0.15, 0.2) is 0 Å². The van der Waals surface area contributed by atoms with E-state index in [9.17, 15) is 0 Å². The van der Waals surface area contributed by atoms with E-state index in [-0.39, 0.29) is 6.04 Å². The van der Waals surface area contributed by atoms with Crippen LogP contribution in [0.25, 0.3) is 10.9 Å². The summed E-state index contributed by atoms with van der Waals surface area (Å²) in [6.07, 6.45) is 5.73. The predicted octanol–water partition coefficient (Wildman–Crippen LogP) is 3.15. The van der Waals surface area contributed by atoms with Crippen LogP contribution in [0.5, 0.6) is 0 Å². The first-order valence-electron chi connectivity index (χ1n) is 7.43. The van der Waals surface area contributed by atoms with Crippen LogP contribution < -0.4 is 5.32 Å². The van der Waals surface area contributed by atoms with Crippen LogP contribution in [0, 0.1) is 0 Å². The standard InChI is InChI=1S/C17H20N4/c1-3-18-16(17-20-11-12-21(17)4-2)14-7-5-9-15-13(14)8-6-10-19-15/h5-12,16,18H,3-4H2,1-2H3. The minimum absolute atomic E-state index is 0.0813. The third-order valence-corrected chi connectivity index (χ3v) is 3.75. The molecular formula is C17H20N4. The van der Waals surface area contributed by atoms with E-state index >= 15 is 0 Å². The smallest absolute Gasteiger partial charge is 0.130 e. The lowest BCUT2D eigenvalue weighted by Gasteiger charge is -2.20. The number of nitrogens with one attached hydrogen (secondary N) is 1. The fourth-order valence-corrected chi connectivity index (χ4v) is 2.77. The van der Waals surface area contributed by atoms with Crippen LogP contribution in [0.4, 0.5) is 0 Å². The zero-order valence-electron chi connectivity index (χ0n) is 12.5. The molecule has 0 radical (unpaired) electrons. The van der Waals surface area contributed by atoms with E-state index in [4.69, 9.17) is 0 Å². The van der Waals surface area contributed by atoms with E-state index in [2.05, 4.69) is 51.9 Å². The summed E-state index contributed by atoms with van der Waals surface area (Å²) in [5, 5.41) is 4.73. The second-order valence-electron chi connectivity index (χ2n) is 4.98. The normalized spacial score (nSPS) is 12.7. The highest BCUT2D eigenvalue weighted by Gasteiger charge is 2.19. The average molecular weight is 280 g/mol. The maximum Gasteiger partial charge on any atom is 0.130 e. The molecule has 1 atom stereocenters. The highest BCUT2D eigenvalue weighted by molar-refractivity contribution is 5.82. The van der Waals surface area contributed by atoms with Crippen LogP contribution >= 0.6 is 0 Å². The topological polar surface area (TPSA) is 42.7 Å². The Hall–Kier alpha value is -2.20. The SMILES string of the molecule is CCNC(c1cccc2ncccc12)c1nccn1CC. The van der Waals surface area contributed by atoms with Crippen LogP contribution in [-0.2, 0) is 6.54 Å². The number of fused-ring (bicyclic) bond motifs is 1. The van der Waals surface area contributed by atoms with E-state index in [1.165, 1.54) is 10.9 Å². The lowest BCUT2D eigenvalue weighted by atomic mass is 10.0. The van der Waals surface area contributed by atoms with Gasteiger partial charge >= 0.3 is 0 Å². The Balaban J connectivity index is 2.16. The molecule has 1 aromatic carbocycles. The van der Waals surface area contributed by atoms with Crippen molar-refractivity contribution in [2.75, 3.05) is 6.54 Å². The average Bonchev–Trinajstić information content (AvgIpc) is 3.00. The molecule has 0 aliphatic carbocycles. The molecule has 0 aliphatic rings. The Morgan fingerprint density at radius 3 is 2.81 bits per heavy atom. The van der Waals surface area contributed by atoms with E-state index < -0.39 is 0 Å². The number of pyridine rings is 1. The molecule has 108 valence electrons. The van der Waals surface area contributed by atoms with Crippen molar-refractivity contribution in [2.45, 2.75) is 26.4 Å². The van der Waals surface area contributed by atoms with Crippen molar-refractivity contribution >= 4 is 10.9 Å². The number of aryl methyl sites for hydroxylation is 1. The van der Waals surface area contributed by atoms with Gasteiger partial charge in [0, 0.05) is 30.5 Å². The van der Waals surface area contributed by atoms with Crippen LogP contribution in [0.1, 0.15) is 31.3 Å². The maximum atomic E-state index is 4.57. The number of aromatic nitrogens is 3. The Kier molecular flexibility index (Phi) is 3.97. The zero-order chi connectivity index (χ0) is 14.7. The lowest BCUT2D eigenvalue weighted by molar-refractivity contribution is 0.561. The molecule has 3 rings (SSSR count). The summed E-state index contributed by atoms with van der Waals surface area (Å²) >= 11 is 0. The number of hydrogen-bond acceptors (Lipinski definition) is 3. The molecule has 2 aromatic heterocycles. The van der Waals surface area contributed by atoms with E-state index in [0.717, 1.165) is 24.4 Å². The Morgan fingerprint density at radius 2 is 2.00 bits per heavy atom. The summed E-state index contributed by atoms with van der Waals surface area (Å²) in [5.74, 6) is 1.05. The van der Waals surface area contributed by atoms with Crippen LogP contribution in [0.2, 0.25) is 0 Å². The third kappa shape index (κ3) is 2.54. The molecule has 0 saturated carbocycles. The highest BCUT2D eigenvalue weighted by Crippen LogP contribution is 2.27. The zero-order valence-corrected chi connectivity index (χ0v) is 12.5. The van der Waals surface area contributed by atoms with Gasteiger partial charge in [0.2, 0.25) is 0 Å². The third-order valence-electron chi connectivity index (χ3n) is 3.75. The fourth-order valence-electron chi connectivity index (χ4n) is 2.77. The molecule has 21 heavy (non-hydrogen) atoms. The second-order valence-corrected chi connectivity index (χ2v) is 4.98. The van der Waals surface area contributed by atoms with Crippen LogP contribution in [0.3, 0.4) is 0 Å². The van der Waals surface area contributed by atoms with Gasteiger partial charge in [-0.2, -0.15) is 0 Å². The fraction of sp³-hybridized carbons (Fsp3) is 0.294. The van der Waals surface area contributed by atoms with Crippen molar-refractivity contribution < 1.29 is 0 Å². The second kappa shape index (κ2) is 6.06. The predicted molar refractivity (Wildman–Crippen MR) is 85.2 cm³/mol. The van der Waals surface area contributed by atoms with Crippen LogP contribution in [0.15, 0.2) is 48.9 Å². The number of benzene rings is 1. The van der Waals surface area contributed by atoms with E-state index in [0.29, 0.717) is 0 Å². The summed E-state index contributed by atoms with van der Waals surface area (Å²) in [4.78, 5) is 9.02. The van der Waals surface area contributed by atoms with Crippen molar-refractivity contribution in [2.24, 2.45) is 0 Å². The van der Waals surface area contributed by atoms with E-state index in [1.54, 1.807) is 0 Å². The molecule has 0 amide bonds. The summed E-state index contributed by atoms with van der Waals surface area (Å²) < 4.78 is 2.18. The van der Waals surface area contributed by atoms with Gasteiger partial charge in [-0.05, 0) is 31.2 Å². The molecule has 0 bridgehead atoms. The van der Waals surface area contributed by atoms with Gasteiger partial charge in [-0.3, -0.25) is 4.98 Å². The summed E-state index contributed by atoms with van der Waals surface area (Å²) in [6, 6.07) is 10.5. The first kappa shape index (κ1) is 13.8. The molecule has 0 fully saturated rings. The van der Waals surface area contributed by atoms with Gasteiger partial charge in [-0.1, -0.05) is 25.1 Å². The molecule has 4 nitrogen and oxygen atoms in total. The van der Waals surface area contributed by atoms with Gasteiger partial charge < -0.3 is 9.88 Å². The number of rotatable bonds is 5. The minimum atomic E-state index is 0.0813. The maximum absolute atomic E-state index is 4.57. The van der Waals surface area contributed by atoms with Crippen LogP contribution in [-0.4, -0.2) is 21.1 Å². The monoisotopic (exact) mass is 280 g/mol. The van der Waals surface area contributed by atoms with Gasteiger partial charge in [-0.15, -0.1) is 0 Å². The number of hydrogen-bond donors (Lipinski definition) is 1. The van der Waals surface area contributed by atoms with E-state index in [1.807, 2.05) is 30.7 Å². The Labute approximate surface area is 124 Å². The van der Waals surface area contributed by atoms with Crippen molar-refractivity contribution in [3.63, 3.8) is 0 Å². The summed E-state index contributed by atoms with van der Waals surface area (Å²) in [7, 11) is 0. The molecule has 0 spiro atoms. The summed E-state index contributed by atoms with van der Waals surface area (Å²) in [6.45, 7) is 6.06. The molecule has 4 heteroatoms. The molecule has 1 unspecified atom stereocenters. The van der Waals surface area contributed by atoms with Gasteiger partial charge in [0.1, 0.15) is 5.82 Å². The molecular weight excluding hydrogens is 260 g/mol. The lowest BCUT2D eigenvalue weighted by Crippen LogP contribution is -2.25. The van der Waals surface area contributed by atoms with Gasteiger partial charge in [0.05, 0.1) is 11.6 Å². The highest BCUT2D eigenvalue weighted by atomic mass is 15.1. The van der Waals surface area contributed by atoms with Crippen molar-refractivity contribution in [3.8, 4) is 0 Å². The first-order valence-corrected chi connectivity index (χ1v) is 7.43. The Bertz CT molecular complexity index is 727. The molecule has 0 saturated heterocycles. The van der Waals surface area contributed by atoms with Crippen molar-refractivity contribution in [1.82, 2.24) is 19.9 Å². The van der Waals surface area contributed by atoms with Crippen molar-refractivity contribution in [3.05, 3.63) is 60.3 Å². The Morgan fingerprint density at radius 1 is 1.10 bits per heavy atom. The van der Waals surface area contributed by atoms with Crippen molar-refractivity contribution in [1.29, 1.82) is 0 Å². The number of nitrogens with zero attached hydrogens (tertiary/aromatic N) is 3.